The number of hydrogen-bond acceptors (Lipinski definition) is 7. The Morgan fingerprint density at radius 2 is 1.74 bits per heavy atom. The van der Waals surface area contributed by atoms with Crippen LogP contribution < -0.4 is 0 Å². The molecule has 7 nitrogen and oxygen atoms in total. The van der Waals surface area contributed by atoms with Gasteiger partial charge in [0.05, 0.1) is 28.0 Å². The number of Topliss-reactive ketones (excluding diaryl/α,β-unsaturated/α-hetero) is 1. The molecule has 1 aromatic carbocycles. The minimum atomic E-state index is -3.29. The van der Waals surface area contributed by atoms with Gasteiger partial charge in [0.15, 0.2) is 9.84 Å². The van der Waals surface area contributed by atoms with Crippen molar-refractivity contribution in [2.75, 3.05) is 19.8 Å². The number of aliphatic hydroxyl groups excluding tert-OH is 1. The van der Waals surface area contributed by atoms with E-state index in [1.165, 1.54) is 0 Å². The van der Waals surface area contributed by atoms with E-state index in [0.29, 0.717) is 28.6 Å². The molecule has 0 radical (unpaired) electrons. The van der Waals surface area contributed by atoms with E-state index >= 15 is 0 Å². The summed E-state index contributed by atoms with van der Waals surface area (Å²) in [5, 5.41) is 8.85. The Morgan fingerprint density at radius 1 is 1.03 bits per heavy atom. The van der Waals surface area contributed by atoms with Gasteiger partial charge in [0.2, 0.25) is 0 Å². The molecule has 1 saturated heterocycles. The van der Waals surface area contributed by atoms with Crippen LogP contribution in [0.1, 0.15) is 79.3 Å². The number of benzene rings is 1. The summed E-state index contributed by atoms with van der Waals surface area (Å²) in [7, 11) is -3.29. The number of ether oxygens (including phenoxy) is 1. The van der Waals surface area contributed by atoms with Crippen LogP contribution in [0.15, 0.2) is 35.5 Å². The molecule has 0 unspecified atom stereocenters. The summed E-state index contributed by atoms with van der Waals surface area (Å²) in [5.41, 5.74) is 3.14. The van der Waals surface area contributed by atoms with Crippen LogP contribution in [0.4, 0.5) is 0 Å². The topological polar surface area (TPSA) is 106 Å². The highest BCUT2D eigenvalue weighted by Gasteiger charge is 2.40. The molecule has 2 saturated carbocycles. The maximum Gasteiger partial charge on any atom is 0.181 e. The number of sulfone groups is 1. The number of ketones is 1. The molecular formula is C27H34N2O5S. The van der Waals surface area contributed by atoms with Crippen LogP contribution >= 0.6 is 0 Å². The Bertz CT molecular complexity index is 1150. The number of carbonyl (C=O) groups is 1. The van der Waals surface area contributed by atoms with Crippen LogP contribution in [0.3, 0.4) is 0 Å². The third-order valence-electron chi connectivity index (χ3n) is 7.50. The molecule has 0 amide bonds. The van der Waals surface area contributed by atoms with Gasteiger partial charge in [0, 0.05) is 44.6 Å². The van der Waals surface area contributed by atoms with Gasteiger partial charge in [-0.2, -0.15) is 0 Å². The molecule has 2 aromatic rings. The molecule has 1 N–H and O–H groups in total. The maximum absolute atomic E-state index is 13.6. The fourth-order valence-corrected chi connectivity index (χ4v) is 7.03. The van der Waals surface area contributed by atoms with E-state index in [0.717, 1.165) is 69.3 Å². The van der Waals surface area contributed by atoms with Crippen LogP contribution in [0.5, 0.6) is 0 Å². The van der Waals surface area contributed by atoms with Gasteiger partial charge in [-0.3, -0.25) is 14.8 Å². The third-order valence-corrected chi connectivity index (χ3v) is 9.84. The van der Waals surface area contributed by atoms with Crippen molar-refractivity contribution < 1.29 is 23.1 Å². The van der Waals surface area contributed by atoms with Crippen molar-refractivity contribution in [3.63, 3.8) is 0 Å². The molecule has 1 atom stereocenters. The fourth-order valence-electron chi connectivity index (χ4n) is 5.10. The first-order valence-corrected chi connectivity index (χ1v) is 14.4. The molecule has 8 heteroatoms. The summed E-state index contributed by atoms with van der Waals surface area (Å²) in [6.45, 7) is 1.44. The molecule has 1 aliphatic heterocycles. The second-order valence-electron chi connectivity index (χ2n) is 10.3. The van der Waals surface area contributed by atoms with Crippen LogP contribution in [0, 0.1) is 5.92 Å². The van der Waals surface area contributed by atoms with Crippen molar-refractivity contribution in [1.29, 1.82) is 0 Å². The summed E-state index contributed by atoms with van der Waals surface area (Å²) < 4.78 is 31.7. The SMILES string of the molecule is O=C(Cc1cnc(CCO)cn1)[C@H](CC1CCOCC1)c1ccc(S(=O)(=O)C2CC2)c(C2CC2)c1. The first-order chi connectivity index (χ1) is 17.0. The molecule has 5 rings (SSSR count). The number of aliphatic hydroxyl groups is 1. The quantitative estimate of drug-likeness (QED) is 0.505. The first kappa shape index (κ1) is 24.5. The van der Waals surface area contributed by atoms with Crippen LogP contribution in [-0.4, -0.2) is 54.3 Å². The van der Waals surface area contributed by atoms with Crippen molar-refractivity contribution >= 4 is 15.6 Å². The van der Waals surface area contributed by atoms with Crippen LogP contribution in [-0.2, 0) is 32.2 Å². The average molecular weight is 499 g/mol. The Kier molecular flexibility index (Phi) is 7.32. The normalized spacial score (nSPS) is 20.0. The fraction of sp³-hybridized carbons (Fsp3) is 0.593. The van der Waals surface area contributed by atoms with Crippen molar-refractivity contribution in [2.24, 2.45) is 5.92 Å². The van der Waals surface area contributed by atoms with E-state index < -0.39 is 9.84 Å². The predicted octanol–water partition coefficient (Wildman–Crippen LogP) is 3.54. The van der Waals surface area contributed by atoms with Gasteiger partial charge in [-0.1, -0.05) is 12.1 Å². The lowest BCUT2D eigenvalue weighted by Gasteiger charge is -2.27. The molecule has 188 valence electrons. The monoisotopic (exact) mass is 498 g/mol. The van der Waals surface area contributed by atoms with E-state index in [1.807, 2.05) is 12.1 Å². The summed E-state index contributed by atoms with van der Waals surface area (Å²) in [6.07, 6.45) is 9.97. The molecule has 0 bridgehead atoms. The van der Waals surface area contributed by atoms with Gasteiger partial charge in [-0.15, -0.1) is 0 Å². The minimum absolute atomic E-state index is 0.00984. The van der Waals surface area contributed by atoms with Crippen molar-refractivity contribution in [1.82, 2.24) is 9.97 Å². The van der Waals surface area contributed by atoms with Gasteiger partial charge in [-0.25, -0.2) is 8.42 Å². The van der Waals surface area contributed by atoms with E-state index in [4.69, 9.17) is 9.84 Å². The molecule has 0 spiro atoms. The average Bonchev–Trinajstić information content (AvgIpc) is 3.77. The zero-order valence-electron chi connectivity index (χ0n) is 20.1. The zero-order chi connectivity index (χ0) is 24.4. The Hall–Kier alpha value is -2.16. The number of nitrogens with zero attached hydrogens (tertiary/aromatic N) is 2. The molecule has 2 heterocycles. The van der Waals surface area contributed by atoms with Gasteiger partial charge in [0.1, 0.15) is 5.78 Å². The van der Waals surface area contributed by atoms with E-state index in [9.17, 15) is 13.2 Å². The molecule has 2 aliphatic carbocycles. The van der Waals surface area contributed by atoms with Gasteiger partial charge in [-0.05, 0) is 74.0 Å². The zero-order valence-corrected chi connectivity index (χ0v) is 20.9. The van der Waals surface area contributed by atoms with Crippen molar-refractivity contribution in [3.05, 3.63) is 53.1 Å². The lowest BCUT2D eigenvalue weighted by molar-refractivity contribution is -0.120. The third kappa shape index (κ3) is 5.81. The molecule has 35 heavy (non-hydrogen) atoms. The van der Waals surface area contributed by atoms with Crippen LogP contribution in [0.25, 0.3) is 0 Å². The smallest absolute Gasteiger partial charge is 0.181 e. The van der Waals surface area contributed by atoms with Gasteiger partial charge in [0.25, 0.3) is 0 Å². The van der Waals surface area contributed by atoms with Crippen molar-refractivity contribution in [2.45, 2.75) is 79.8 Å². The Labute approximate surface area is 207 Å². The Morgan fingerprint density at radius 3 is 2.37 bits per heavy atom. The van der Waals surface area contributed by atoms with E-state index in [1.54, 1.807) is 18.5 Å². The lowest BCUT2D eigenvalue weighted by Crippen LogP contribution is -2.23. The lowest BCUT2D eigenvalue weighted by atomic mass is 9.81. The standard InChI is InChI=1S/C27H34N2O5S/c30-10-7-21-16-29-22(17-28-21)15-26(31)24(13-18-8-11-34-12-9-18)20-3-6-27(25(14-20)19-1-2-19)35(32,33)23-4-5-23/h3,6,14,16-19,23-24,30H,1-2,4-5,7-13,15H2/t24-/m1/s1. The predicted molar refractivity (Wildman–Crippen MR) is 131 cm³/mol. The highest BCUT2D eigenvalue weighted by atomic mass is 32.2. The van der Waals surface area contributed by atoms with Crippen LogP contribution in [0.2, 0.25) is 0 Å². The largest absolute Gasteiger partial charge is 0.396 e. The van der Waals surface area contributed by atoms with E-state index in [2.05, 4.69) is 9.97 Å². The second kappa shape index (κ2) is 10.4. The minimum Gasteiger partial charge on any atom is -0.396 e. The number of rotatable bonds is 11. The van der Waals surface area contributed by atoms with Gasteiger partial charge >= 0.3 is 0 Å². The molecule has 3 aliphatic rings. The number of aromatic nitrogens is 2. The molecule has 3 fully saturated rings. The highest BCUT2D eigenvalue weighted by molar-refractivity contribution is 7.92. The summed E-state index contributed by atoms with van der Waals surface area (Å²) in [5.74, 6) is 0.449. The Balaban J connectivity index is 1.43. The van der Waals surface area contributed by atoms with Gasteiger partial charge < -0.3 is 9.84 Å². The van der Waals surface area contributed by atoms with Crippen molar-refractivity contribution in [3.8, 4) is 0 Å². The van der Waals surface area contributed by atoms with E-state index in [-0.39, 0.29) is 35.9 Å². The summed E-state index contributed by atoms with van der Waals surface area (Å²) in [4.78, 5) is 22.8. The second-order valence-corrected chi connectivity index (χ2v) is 12.5. The maximum atomic E-state index is 13.6. The number of hydrogen-bond donors (Lipinski definition) is 1. The summed E-state index contributed by atoms with van der Waals surface area (Å²) >= 11 is 0. The first-order valence-electron chi connectivity index (χ1n) is 12.8. The molecular weight excluding hydrogens is 464 g/mol. The number of carbonyl (C=O) groups excluding carboxylic acids is 1. The summed E-state index contributed by atoms with van der Waals surface area (Å²) in [6, 6.07) is 5.66. The highest BCUT2D eigenvalue weighted by Crippen LogP contribution is 2.46. The molecule has 1 aromatic heterocycles.